The fourth-order valence-electron chi connectivity index (χ4n) is 1.91. The van der Waals surface area contributed by atoms with Crippen LogP contribution in [0.4, 0.5) is 5.69 Å². The van der Waals surface area contributed by atoms with Gasteiger partial charge in [0.05, 0.1) is 0 Å². The molecule has 1 heterocycles. The molecule has 0 aliphatic carbocycles. The third-order valence-electron chi connectivity index (χ3n) is 2.80. The minimum atomic E-state index is 0.273. The predicted molar refractivity (Wildman–Crippen MR) is 59.6 cm³/mol. The van der Waals surface area contributed by atoms with E-state index < -0.39 is 0 Å². The molecule has 0 saturated carbocycles. The van der Waals surface area contributed by atoms with Crippen LogP contribution >= 0.6 is 0 Å². The quantitative estimate of drug-likeness (QED) is 0.624. The van der Waals surface area contributed by atoms with Crippen molar-refractivity contribution in [1.82, 2.24) is 0 Å². The molecule has 0 bridgehead atoms. The van der Waals surface area contributed by atoms with Gasteiger partial charge in [-0.05, 0) is 24.8 Å². The first-order valence-corrected chi connectivity index (χ1v) is 5.10. The summed E-state index contributed by atoms with van der Waals surface area (Å²) >= 11 is 0. The molecule has 1 aromatic rings. The van der Waals surface area contributed by atoms with Crippen LogP contribution in [0, 0.1) is 11.2 Å². The van der Waals surface area contributed by atoms with Crippen molar-refractivity contribution in [3.05, 3.63) is 30.3 Å². The standard InChI is InChI=1S/C11H13BN2/c13-10-12-6-8-14(9-7-12)11-4-2-1-3-5-11/h1-5H,6-9H2. The Labute approximate surface area is 85.2 Å². The molecule has 0 radical (unpaired) electrons. The fraction of sp³-hybridized carbons (Fsp3) is 0.364. The van der Waals surface area contributed by atoms with E-state index in [2.05, 4.69) is 35.1 Å². The van der Waals surface area contributed by atoms with E-state index in [1.807, 2.05) is 6.07 Å². The monoisotopic (exact) mass is 184 g/mol. The van der Waals surface area contributed by atoms with Gasteiger partial charge in [0.15, 0.2) is 0 Å². The van der Waals surface area contributed by atoms with Crippen molar-refractivity contribution < 1.29 is 0 Å². The van der Waals surface area contributed by atoms with Crippen LogP contribution < -0.4 is 4.90 Å². The van der Waals surface area contributed by atoms with Crippen molar-refractivity contribution in [3.8, 4) is 5.97 Å². The molecule has 0 atom stereocenters. The summed E-state index contributed by atoms with van der Waals surface area (Å²) in [6.45, 7) is 2.31. The molecule has 0 N–H and O–H groups in total. The highest BCUT2D eigenvalue weighted by molar-refractivity contribution is 6.67. The number of para-hydroxylation sites is 1. The van der Waals surface area contributed by atoms with Crippen molar-refractivity contribution >= 4 is 12.4 Å². The third-order valence-corrected chi connectivity index (χ3v) is 2.80. The van der Waals surface area contributed by atoms with Gasteiger partial charge in [0.25, 0.3) is 6.71 Å². The minimum Gasteiger partial charge on any atom is -0.373 e. The Morgan fingerprint density at radius 1 is 1.14 bits per heavy atom. The highest BCUT2D eigenvalue weighted by atomic mass is 15.1. The average molecular weight is 184 g/mol. The first-order valence-electron chi connectivity index (χ1n) is 5.10. The lowest BCUT2D eigenvalue weighted by Gasteiger charge is -2.29. The lowest BCUT2D eigenvalue weighted by molar-refractivity contribution is 0.822. The molecule has 2 rings (SSSR count). The van der Waals surface area contributed by atoms with E-state index in [9.17, 15) is 0 Å². The van der Waals surface area contributed by atoms with Gasteiger partial charge < -0.3 is 4.90 Å². The predicted octanol–water partition coefficient (Wildman–Crippen LogP) is 2.06. The molecule has 0 amide bonds. The maximum absolute atomic E-state index is 8.78. The molecule has 3 heteroatoms. The van der Waals surface area contributed by atoms with Crippen LogP contribution in [-0.4, -0.2) is 19.8 Å². The SMILES string of the molecule is N#CB1CCN(c2ccccc2)CC1. The van der Waals surface area contributed by atoms with Gasteiger partial charge in [-0.2, -0.15) is 0 Å². The Bertz CT molecular complexity index is 323. The lowest BCUT2D eigenvalue weighted by atomic mass is 9.45. The summed E-state index contributed by atoms with van der Waals surface area (Å²) < 4.78 is 0. The number of nitrogens with zero attached hydrogens (tertiary/aromatic N) is 2. The molecule has 0 aromatic heterocycles. The molecule has 0 spiro atoms. The topological polar surface area (TPSA) is 27.0 Å². The summed E-state index contributed by atoms with van der Waals surface area (Å²) in [6, 6.07) is 10.4. The molecule has 1 saturated heterocycles. The zero-order valence-electron chi connectivity index (χ0n) is 8.19. The van der Waals surface area contributed by atoms with E-state index >= 15 is 0 Å². The van der Waals surface area contributed by atoms with Crippen molar-refractivity contribution in [2.75, 3.05) is 18.0 Å². The van der Waals surface area contributed by atoms with Gasteiger partial charge in [-0.25, -0.2) is 5.26 Å². The highest BCUT2D eigenvalue weighted by Crippen LogP contribution is 2.19. The Kier molecular flexibility index (Phi) is 2.74. The van der Waals surface area contributed by atoms with Crippen LogP contribution in [0.1, 0.15) is 0 Å². The third kappa shape index (κ3) is 1.90. The van der Waals surface area contributed by atoms with Crippen molar-refractivity contribution in [3.63, 3.8) is 0 Å². The van der Waals surface area contributed by atoms with E-state index in [4.69, 9.17) is 5.26 Å². The van der Waals surface area contributed by atoms with Gasteiger partial charge in [-0.3, -0.25) is 0 Å². The molecule has 2 nitrogen and oxygen atoms in total. The van der Waals surface area contributed by atoms with Gasteiger partial charge >= 0.3 is 0 Å². The number of hydrogen-bond acceptors (Lipinski definition) is 2. The van der Waals surface area contributed by atoms with Crippen LogP contribution in [0.3, 0.4) is 0 Å². The second kappa shape index (κ2) is 4.19. The van der Waals surface area contributed by atoms with E-state index in [1.54, 1.807) is 0 Å². The van der Waals surface area contributed by atoms with Gasteiger partial charge in [0, 0.05) is 24.7 Å². The summed E-state index contributed by atoms with van der Waals surface area (Å²) in [7, 11) is 0. The number of rotatable bonds is 1. The van der Waals surface area contributed by atoms with Gasteiger partial charge in [-0.15, -0.1) is 0 Å². The first kappa shape index (κ1) is 9.14. The Morgan fingerprint density at radius 3 is 2.36 bits per heavy atom. The van der Waals surface area contributed by atoms with Crippen LogP contribution in [0.5, 0.6) is 0 Å². The van der Waals surface area contributed by atoms with Crippen LogP contribution in [0.25, 0.3) is 0 Å². The molecular weight excluding hydrogens is 171 g/mol. The highest BCUT2D eigenvalue weighted by Gasteiger charge is 2.22. The van der Waals surface area contributed by atoms with Gasteiger partial charge in [0.1, 0.15) is 0 Å². The van der Waals surface area contributed by atoms with E-state index in [1.165, 1.54) is 5.69 Å². The Hall–Kier alpha value is -1.43. The molecule has 1 aliphatic heterocycles. The second-order valence-electron chi connectivity index (χ2n) is 3.73. The summed E-state index contributed by atoms with van der Waals surface area (Å²) in [5.41, 5.74) is 1.28. The van der Waals surface area contributed by atoms with Crippen LogP contribution in [0.15, 0.2) is 30.3 Å². The molecule has 1 aliphatic rings. The van der Waals surface area contributed by atoms with Gasteiger partial charge in [-0.1, -0.05) is 18.2 Å². The number of anilines is 1. The summed E-state index contributed by atoms with van der Waals surface area (Å²) in [4.78, 5) is 2.36. The zero-order valence-corrected chi connectivity index (χ0v) is 8.19. The maximum Gasteiger partial charge on any atom is 0.271 e. The number of nitriles is 1. The number of benzene rings is 1. The van der Waals surface area contributed by atoms with E-state index in [-0.39, 0.29) is 6.71 Å². The Morgan fingerprint density at radius 2 is 1.79 bits per heavy atom. The second-order valence-corrected chi connectivity index (χ2v) is 3.73. The molecule has 1 fully saturated rings. The summed E-state index contributed by atoms with van der Waals surface area (Å²) in [6.07, 6.45) is 2.01. The summed E-state index contributed by atoms with van der Waals surface area (Å²) in [5, 5.41) is 8.78. The maximum atomic E-state index is 8.78. The normalized spacial score (nSPS) is 16.5. The van der Waals surface area contributed by atoms with E-state index in [0.717, 1.165) is 25.7 Å². The lowest BCUT2D eigenvalue weighted by Crippen LogP contribution is -2.36. The van der Waals surface area contributed by atoms with Crippen molar-refractivity contribution in [2.24, 2.45) is 0 Å². The van der Waals surface area contributed by atoms with Crippen molar-refractivity contribution in [1.29, 1.82) is 5.26 Å². The van der Waals surface area contributed by atoms with Crippen molar-refractivity contribution in [2.45, 2.75) is 12.6 Å². The molecular formula is C11H13BN2. The molecule has 14 heavy (non-hydrogen) atoms. The molecule has 1 aromatic carbocycles. The van der Waals surface area contributed by atoms with Crippen LogP contribution in [0.2, 0.25) is 12.6 Å². The molecule has 0 unspecified atom stereocenters. The van der Waals surface area contributed by atoms with Crippen LogP contribution in [-0.2, 0) is 0 Å². The molecule has 70 valence electrons. The largest absolute Gasteiger partial charge is 0.373 e. The van der Waals surface area contributed by atoms with E-state index in [0.29, 0.717) is 0 Å². The van der Waals surface area contributed by atoms with Gasteiger partial charge in [0.2, 0.25) is 0 Å². The average Bonchev–Trinajstić information content (AvgIpc) is 2.30. The number of hydrogen-bond donors (Lipinski definition) is 0. The smallest absolute Gasteiger partial charge is 0.271 e. The fourth-order valence-corrected chi connectivity index (χ4v) is 1.91. The summed E-state index contributed by atoms with van der Waals surface area (Å²) in [5.74, 6) is 2.35. The minimum absolute atomic E-state index is 0.273. The Balaban J connectivity index is 2.00. The zero-order chi connectivity index (χ0) is 9.80. The first-order chi connectivity index (χ1) is 6.90.